The first-order valence-corrected chi connectivity index (χ1v) is 28.2. The lowest BCUT2D eigenvalue weighted by Gasteiger charge is -2.28. The zero-order chi connectivity index (χ0) is 52.2. The van der Waals surface area contributed by atoms with E-state index in [0.29, 0.717) is 5.56 Å². The number of aryl methyl sites for hydroxylation is 4. The molecule has 10 heteroatoms. The van der Waals surface area contributed by atoms with Crippen LogP contribution in [-0.2, 0) is 36.5 Å². The Hall–Kier alpha value is -5.63. The van der Waals surface area contributed by atoms with Crippen LogP contribution in [0.4, 0.5) is 0 Å². The lowest BCUT2D eigenvalue weighted by atomic mass is 9.81. The normalized spacial score (nSPS) is 13.2. The second kappa shape index (κ2) is 21.2. The van der Waals surface area contributed by atoms with Gasteiger partial charge in [-0.15, -0.1) is 0 Å². The lowest BCUT2D eigenvalue weighted by Crippen LogP contribution is -2.23. The molecule has 0 saturated heterocycles. The molecule has 5 aromatic carbocycles. The van der Waals surface area contributed by atoms with E-state index in [4.69, 9.17) is 51.1 Å². The fourth-order valence-electron chi connectivity index (χ4n) is 12.2. The maximum absolute atomic E-state index is 15.3. The number of halogens is 4. The molecule has 0 N–H and O–H groups in total. The number of hydrogen-bond acceptors (Lipinski definition) is 2. The van der Waals surface area contributed by atoms with Gasteiger partial charge in [-0.1, -0.05) is 173 Å². The summed E-state index contributed by atoms with van der Waals surface area (Å²) in [6.45, 7) is 21.3. The average molecular weight is 1070 g/mol. The van der Waals surface area contributed by atoms with Crippen LogP contribution in [0.15, 0.2) is 109 Å². The molecule has 0 bridgehead atoms. The van der Waals surface area contributed by atoms with Gasteiger partial charge in [-0.2, -0.15) is 0 Å². The van der Waals surface area contributed by atoms with Crippen LogP contribution in [0.5, 0.6) is 0 Å². The topological polar surface area (TPSA) is 46.0 Å². The van der Waals surface area contributed by atoms with E-state index in [2.05, 4.69) is 183 Å². The Morgan fingerprint density at radius 1 is 0.446 bits per heavy atom. The van der Waals surface area contributed by atoms with E-state index in [1.807, 2.05) is 0 Å². The first kappa shape index (κ1) is 51.8. The summed E-state index contributed by atoms with van der Waals surface area (Å²) in [4.78, 5) is 15.3. The maximum Gasteiger partial charge on any atom is 0.341 e. The number of nitrogens with zero attached hydrogens (tertiary/aromatic N) is 4. The summed E-state index contributed by atoms with van der Waals surface area (Å²) in [5, 5.41) is 4.59. The fourth-order valence-corrected chi connectivity index (χ4v) is 13.2. The van der Waals surface area contributed by atoms with E-state index in [1.165, 1.54) is 0 Å². The molecular formula is C64H66Cl4N4O2. The van der Waals surface area contributed by atoms with E-state index < -0.39 is 11.6 Å². The Bertz CT molecular complexity index is 3340. The predicted molar refractivity (Wildman–Crippen MR) is 314 cm³/mol. The zero-order valence-corrected chi connectivity index (χ0v) is 47.0. The number of hydrogen-bond donors (Lipinski definition) is 0. The van der Waals surface area contributed by atoms with Gasteiger partial charge in [0.15, 0.2) is 5.60 Å². The van der Waals surface area contributed by atoms with Gasteiger partial charge in [0.05, 0.1) is 25.7 Å². The monoisotopic (exact) mass is 1060 g/mol. The van der Waals surface area contributed by atoms with Crippen LogP contribution in [0.25, 0.3) is 54.8 Å². The van der Waals surface area contributed by atoms with Gasteiger partial charge >= 0.3 is 5.97 Å². The molecule has 5 heterocycles. The number of carbonyl (C=O) groups is 1. The Kier molecular flexibility index (Phi) is 14.8. The van der Waals surface area contributed by atoms with Gasteiger partial charge in [0.25, 0.3) is 0 Å². The molecule has 0 saturated carbocycles. The van der Waals surface area contributed by atoms with Crippen LogP contribution >= 0.6 is 46.4 Å². The van der Waals surface area contributed by atoms with Crippen LogP contribution in [0.2, 0.25) is 20.1 Å². The van der Waals surface area contributed by atoms with Gasteiger partial charge in [0.2, 0.25) is 0 Å². The van der Waals surface area contributed by atoms with Crippen molar-refractivity contribution in [3.8, 4) is 0 Å². The smallest absolute Gasteiger partial charge is 0.341 e. The summed E-state index contributed by atoms with van der Waals surface area (Å²) in [7, 11) is 0. The molecule has 74 heavy (non-hydrogen) atoms. The van der Waals surface area contributed by atoms with Crippen molar-refractivity contribution in [3.05, 3.63) is 185 Å². The summed E-state index contributed by atoms with van der Waals surface area (Å²) < 4.78 is 17.1. The fraction of sp³-hybridized carbons (Fsp3) is 0.328. The van der Waals surface area contributed by atoms with Crippen LogP contribution < -0.4 is 0 Å². The van der Waals surface area contributed by atoms with Gasteiger partial charge in [0, 0.05) is 120 Å². The third kappa shape index (κ3) is 8.43. The molecule has 10 rings (SSSR count). The van der Waals surface area contributed by atoms with Gasteiger partial charge < -0.3 is 23.0 Å². The third-order valence-corrected chi connectivity index (χ3v) is 17.6. The standard InChI is InChI=1S/C64H66Cl4N4O2/c1-9-13-33-69-39(5)53(43-25-17-21-29-49(43)69)47(54-40(6)70(34-14-10-2)50-30-22-18-26-44(50)54)37-64(58-57(63(73)74-64)59(65)61(67)62(68)60(58)66)38-48(55-41(7)71(35-15-11-3)51-31-23-19-27-45(51)55)56-42(8)72(36-16-12-4)52-32-24-20-28-46(52)56/h17-32,37-38H,9-16,33-36H2,1-8H3. The highest BCUT2D eigenvalue weighted by molar-refractivity contribution is 6.53. The molecule has 4 aromatic heterocycles. The SMILES string of the molecule is CCCCn1c(C)c(C(=CC2(C=C(c3c(C)n(CCCC)c4ccccc34)c3c(C)n(CCCC)c4ccccc34)OC(=O)c3c(Cl)c(Cl)c(Cl)c(Cl)c32)c2c(C)n(CCCC)c3ccccc23)c2ccccc21. The van der Waals surface area contributed by atoms with Crippen LogP contribution in [0.1, 0.15) is 140 Å². The van der Waals surface area contributed by atoms with Gasteiger partial charge in [-0.3, -0.25) is 0 Å². The van der Waals surface area contributed by atoms with E-state index in [1.54, 1.807) is 0 Å². The summed E-state index contributed by atoms with van der Waals surface area (Å²) in [6.07, 6.45) is 12.6. The lowest BCUT2D eigenvalue weighted by molar-refractivity contribution is 0.0300. The number of ether oxygens (including phenoxy) is 1. The minimum absolute atomic E-state index is 0.00670. The summed E-state index contributed by atoms with van der Waals surface area (Å²) in [6, 6.07) is 34.8. The van der Waals surface area contributed by atoms with Crippen LogP contribution in [0, 0.1) is 27.7 Å². The van der Waals surface area contributed by atoms with Gasteiger partial charge in [-0.25, -0.2) is 4.79 Å². The third-order valence-electron chi connectivity index (χ3n) is 15.8. The first-order chi connectivity index (χ1) is 35.8. The largest absolute Gasteiger partial charge is 0.442 e. The second-order valence-corrected chi connectivity index (χ2v) is 21.7. The highest BCUT2D eigenvalue weighted by atomic mass is 35.5. The van der Waals surface area contributed by atoms with Crippen molar-refractivity contribution in [1.29, 1.82) is 0 Å². The number of carbonyl (C=O) groups excluding carboxylic acids is 1. The molecule has 0 fully saturated rings. The molecule has 1 aliphatic rings. The van der Waals surface area contributed by atoms with E-state index in [-0.39, 0.29) is 25.7 Å². The molecule has 0 atom stereocenters. The highest BCUT2D eigenvalue weighted by Crippen LogP contribution is 2.56. The molecule has 9 aromatic rings. The van der Waals surface area contributed by atoms with Crippen molar-refractivity contribution in [2.24, 2.45) is 0 Å². The number of unbranched alkanes of at least 4 members (excludes halogenated alkanes) is 4. The highest BCUT2D eigenvalue weighted by Gasteiger charge is 2.49. The van der Waals surface area contributed by atoms with Crippen molar-refractivity contribution >= 4 is 107 Å². The van der Waals surface area contributed by atoms with Gasteiger partial charge in [-0.05, 0) is 101 Å². The Morgan fingerprint density at radius 3 is 1.03 bits per heavy atom. The van der Waals surface area contributed by atoms with Gasteiger partial charge in [0.1, 0.15) is 0 Å². The molecule has 0 unspecified atom stereocenters. The second-order valence-electron chi connectivity index (χ2n) is 20.2. The van der Waals surface area contributed by atoms with E-state index in [9.17, 15) is 0 Å². The summed E-state index contributed by atoms with van der Waals surface area (Å²) in [5.74, 6) is -0.634. The minimum Gasteiger partial charge on any atom is -0.442 e. The molecule has 0 spiro atoms. The van der Waals surface area contributed by atoms with E-state index in [0.717, 1.165) is 177 Å². The molecule has 0 aliphatic carbocycles. The van der Waals surface area contributed by atoms with Crippen molar-refractivity contribution < 1.29 is 9.53 Å². The molecule has 382 valence electrons. The van der Waals surface area contributed by atoms with Crippen LogP contribution in [-0.4, -0.2) is 24.2 Å². The number of aromatic nitrogens is 4. The van der Waals surface area contributed by atoms with Crippen molar-refractivity contribution in [1.82, 2.24) is 18.3 Å². The zero-order valence-electron chi connectivity index (χ0n) is 44.0. The quantitative estimate of drug-likeness (QED) is 0.0488. The first-order valence-electron chi connectivity index (χ1n) is 26.7. The van der Waals surface area contributed by atoms with E-state index >= 15 is 4.79 Å². The number of rotatable bonds is 18. The Balaban J connectivity index is 1.45. The molecule has 0 amide bonds. The van der Waals surface area contributed by atoms with Crippen molar-refractivity contribution in [3.63, 3.8) is 0 Å². The number of benzene rings is 5. The molecule has 1 aliphatic heterocycles. The number of fused-ring (bicyclic) bond motifs is 5. The molecular weight excluding hydrogens is 999 g/mol. The molecule has 6 nitrogen and oxygen atoms in total. The maximum atomic E-state index is 15.3. The predicted octanol–water partition coefficient (Wildman–Crippen LogP) is 19.2. The number of para-hydroxylation sites is 4. The average Bonchev–Trinajstić information content (AvgIpc) is 4.13. The summed E-state index contributed by atoms with van der Waals surface area (Å²) >= 11 is 29.1. The van der Waals surface area contributed by atoms with Crippen molar-refractivity contribution in [2.45, 2.75) is 139 Å². The van der Waals surface area contributed by atoms with Crippen LogP contribution in [0.3, 0.4) is 0 Å². The Labute approximate surface area is 456 Å². The van der Waals surface area contributed by atoms with Crippen molar-refractivity contribution in [2.75, 3.05) is 0 Å². The number of cyclic esters (lactones) is 1. The minimum atomic E-state index is -1.72. The summed E-state index contributed by atoms with van der Waals surface area (Å²) in [5.41, 5.74) is 13.8. The molecule has 0 radical (unpaired) electrons. The number of esters is 1. The Morgan fingerprint density at radius 2 is 0.730 bits per heavy atom.